The van der Waals surface area contributed by atoms with E-state index in [2.05, 4.69) is 25.1 Å². The van der Waals surface area contributed by atoms with Crippen molar-refractivity contribution in [3.8, 4) is 22.8 Å². The van der Waals surface area contributed by atoms with Crippen LogP contribution in [0.1, 0.15) is 43.7 Å². The molecule has 1 N–H and O–H groups in total. The van der Waals surface area contributed by atoms with Crippen LogP contribution in [-0.4, -0.2) is 50.5 Å². The van der Waals surface area contributed by atoms with E-state index in [0.717, 1.165) is 24.0 Å². The van der Waals surface area contributed by atoms with Gasteiger partial charge < -0.3 is 10.1 Å². The van der Waals surface area contributed by atoms with Crippen LogP contribution in [0.25, 0.3) is 17.1 Å². The van der Waals surface area contributed by atoms with Crippen LogP contribution in [-0.2, 0) is 11.2 Å². The Balaban J connectivity index is 1.09. The zero-order chi connectivity index (χ0) is 32.8. The van der Waals surface area contributed by atoms with Gasteiger partial charge in [0.1, 0.15) is 17.9 Å². The van der Waals surface area contributed by atoms with E-state index < -0.39 is 18.2 Å². The van der Waals surface area contributed by atoms with Gasteiger partial charge in [-0.1, -0.05) is 49.9 Å². The first kappa shape index (κ1) is 32.7. The molecule has 0 unspecified atom stereocenters. The molecule has 0 spiro atoms. The minimum atomic E-state index is -4.76. The number of amidine groups is 1. The first-order valence-corrected chi connectivity index (χ1v) is 15.4. The average molecular weight is 655 g/mol. The molecule has 3 amide bonds. The number of hydrogen-bond acceptors (Lipinski definition) is 6. The van der Waals surface area contributed by atoms with Crippen LogP contribution in [0.4, 0.5) is 28.0 Å². The van der Waals surface area contributed by atoms with Crippen LogP contribution in [0.2, 0.25) is 0 Å². The molecule has 0 atom stereocenters. The third-order valence-corrected chi connectivity index (χ3v) is 7.95. The Bertz CT molecular complexity index is 1720. The summed E-state index contributed by atoms with van der Waals surface area (Å²) in [6.45, 7) is 4.22. The predicted octanol–water partition coefficient (Wildman–Crippen LogP) is 7.26. The molecule has 0 radical (unpaired) electrons. The van der Waals surface area contributed by atoms with E-state index in [1.165, 1.54) is 64.1 Å². The van der Waals surface area contributed by atoms with Crippen LogP contribution in [0, 0.1) is 5.82 Å². The van der Waals surface area contributed by atoms with Gasteiger partial charge in [-0.25, -0.2) is 18.9 Å². The van der Waals surface area contributed by atoms with Gasteiger partial charge in [0.05, 0.1) is 17.1 Å². The Kier molecular flexibility index (Phi) is 10.0. The molecule has 0 aliphatic carbocycles. The van der Waals surface area contributed by atoms with Gasteiger partial charge in [0.25, 0.3) is 0 Å². The maximum Gasteiger partial charge on any atom is 0.573 e. The summed E-state index contributed by atoms with van der Waals surface area (Å²) in [5, 5.41) is 7.46. The topological polar surface area (TPSA) is 102 Å². The van der Waals surface area contributed by atoms with E-state index in [1.807, 2.05) is 38.1 Å². The molecule has 0 saturated carbocycles. The molecule has 0 bridgehead atoms. The highest BCUT2D eigenvalue weighted by Crippen LogP contribution is 2.34. The van der Waals surface area contributed by atoms with Gasteiger partial charge >= 0.3 is 12.4 Å². The number of unbranched alkanes of at least 4 members (excludes halogenated alkanes) is 1. The number of aromatic nitrogens is 3. The van der Waals surface area contributed by atoms with Gasteiger partial charge in [0, 0.05) is 12.1 Å². The van der Waals surface area contributed by atoms with Crippen LogP contribution >= 0.6 is 11.8 Å². The molecular formula is C32H30F4N6O3S. The van der Waals surface area contributed by atoms with E-state index in [1.54, 1.807) is 6.07 Å². The maximum absolute atomic E-state index is 13.9. The number of hydrogen-bond donors (Lipinski definition) is 1. The number of carbonyl (C=O) groups is 2. The highest BCUT2D eigenvalue weighted by Gasteiger charge is 2.33. The summed E-state index contributed by atoms with van der Waals surface area (Å²) >= 11 is 1.17. The number of nitrogens with one attached hydrogen (secondary N) is 1. The van der Waals surface area contributed by atoms with E-state index in [0.29, 0.717) is 35.7 Å². The van der Waals surface area contributed by atoms with E-state index in [4.69, 9.17) is 0 Å². The molecule has 1 fully saturated rings. The highest BCUT2D eigenvalue weighted by molar-refractivity contribution is 8.15. The lowest BCUT2D eigenvalue weighted by Crippen LogP contribution is -2.32. The molecule has 1 saturated heterocycles. The number of nitrogens with zero attached hydrogens (tertiary/aromatic N) is 5. The maximum atomic E-state index is 13.9. The fourth-order valence-corrected chi connectivity index (χ4v) is 5.65. The number of carbonyl (C=O) groups excluding carboxylic acids is 2. The lowest BCUT2D eigenvalue weighted by Gasteiger charge is -2.21. The number of ether oxygens (including phenoxy) is 1. The summed E-state index contributed by atoms with van der Waals surface area (Å²) < 4.78 is 56.4. The number of aryl methyl sites for hydroxylation is 1. The molecule has 5 rings (SSSR count). The van der Waals surface area contributed by atoms with Crippen molar-refractivity contribution in [1.29, 1.82) is 0 Å². The summed E-state index contributed by atoms with van der Waals surface area (Å²) in [5.74, 6) is -0.345. The van der Waals surface area contributed by atoms with Crippen LogP contribution < -0.4 is 15.0 Å². The van der Waals surface area contributed by atoms with Crippen LogP contribution in [0.5, 0.6) is 5.75 Å². The average Bonchev–Trinajstić information content (AvgIpc) is 3.64. The van der Waals surface area contributed by atoms with Crippen molar-refractivity contribution in [1.82, 2.24) is 20.1 Å². The van der Waals surface area contributed by atoms with Gasteiger partial charge in [0.15, 0.2) is 11.0 Å². The van der Waals surface area contributed by atoms with Gasteiger partial charge in [0.2, 0.25) is 5.91 Å². The number of urea groups is 1. The third kappa shape index (κ3) is 8.30. The van der Waals surface area contributed by atoms with Gasteiger partial charge in [-0.3, -0.25) is 9.69 Å². The van der Waals surface area contributed by atoms with Gasteiger partial charge in [-0.2, -0.15) is 4.99 Å². The van der Waals surface area contributed by atoms with Crippen molar-refractivity contribution in [2.45, 2.75) is 45.4 Å². The Morgan fingerprint density at radius 2 is 1.80 bits per heavy atom. The highest BCUT2D eigenvalue weighted by atomic mass is 32.2. The second-order valence-corrected chi connectivity index (χ2v) is 11.7. The van der Waals surface area contributed by atoms with Gasteiger partial charge in [-0.15, -0.1) is 18.3 Å². The zero-order valence-corrected chi connectivity index (χ0v) is 25.7. The second-order valence-electron chi connectivity index (χ2n) is 10.7. The lowest BCUT2D eigenvalue weighted by atomic mass is 10.0. The molecular weight excluding hydrogens is 624 g/mol. The number of thioether (sulfide) groups is 1. The minimum Gasteiger partial charge on any atom is -0.406 e. The molecule has 240 valence electrons. The second kappa shape index (κ2) is 14.1. The van der Waals surface area contributed by atoms with Crippen LogP contribution in [0.3, 0.4) is 0 Å². The molecule has 3 aromatic carbocycles. The number of benzene rings is 3. The van der Waals surface area contributed by atoms with E-state index >= 15 is 0 Å². The van der Waals surface area contributed by atoms with Crippen molar-refractivity contribution in [2.75, 3.05) is 17.2 Å². The zero-order valence-electron chi connectivity index (χ0n) is 24.9. The van der Waals surface area contributed by atoms with Crippen molar-refractivity contribution >= 4 is 34.6 Å². The smallest absolute Gasteiger partial charge is 0.406 e. The SMILES string of the molecule is CC(C)c1cc(F)ccc1N1C(=O)CSC1=NC(=O)NCCCCc1ccc(-c2ncn(-c3ccc(OC(F)(F)F)cc3)n2)cc1. The molecule has 4 aromatic rings. The predicted molar refractivity (Wildman–Crippen MR) is 168 cm³/mol. The number of rotatable bonds is 10. The lowest BCUT2D eigenvalue weighted by molar-refractivity contribution is -0.274. The molecule has 1 aliphatic heterocycles. The first-order valence-electron chi connectivity index (χ1n) is 14.5. The van der Waals surface area contributed by atoms with Gasteiger partial charge in [-0.05, 0) is 78.8 Å². The fourth-order valence-electron chi connectivity index (χ4n) is 4.79. The number of anilines is 1. The van der Waals surface area contributed by atoms with Crippen molar-refractivity contribution < 1.29 is 31.9 Å². The standard InChI is InChI=1S/C32H30F4N6O3S/c1-20(2)26-17-23(33)10-15-27(26)42-28(43)18-46-31(42)39-30(44)37-16-4-3-5-21-6-8-22(9-7-21)29-38-19-41(40-29)24-11-13-25(14-12-24)45-32(34,35)36/h6-15,17,19-20H,3-5,16,18H2,1-2H3,(H,37,44). The molecule has 46 heavy (non-hydrogen) atoms. The van der Waals surface area contributed by atoms with E-state index in [-0.39, 0.29) is 28.5 Å². The minimum absolute atomic E-state index is 0.0323. The fraction of sp³-hybridized carbons (Fsp3) is 0.281. The summed E-state index contributed by atoms with van der Waals surface area (Å²) in [6, 6.07) is 16.7. The van der Waals surface area contributed by atoms with Crippen LogP contribution in [0.15, 0.2) is 78.0 Å². The Hall–Kier alpha value is -4.72. The number of aliphatic imine (C=N–C) groups is 1. The summed E-state index contributed by atoms with van der Waals surface area (Å²) in [5.41, 5.74) is 3.59. The number of halogens is 4. The Morgan fingerprint density at radius 3 is 2.50 bits per heavy atom. The van der Waals surface area contributed by atoms with E-state index in [9.17, 15) is 27.2 Å². The first-order chi connectivity index (χ1) is 22.0. The largest absolute Gasteiger partial charge is 0.573 e. The molecule has 14 heteroatoms. The quantitative estimate of drug-likeness (QED) is 0.143. The monoisotopic (exact) mass is 654 g/mol. The van der Waals surface area contributed by atoms with Crippen molar-refractivity contribution in [3.05, 3.63) is 90.0 Å². The van der Waals surface area contributed by atoms with Crippen molar-refractivity contribution in [3.63, 3.8) is 0 Å². The molecule has 2 heterocycles. The summed E-state index contributed by atoms with van der Waals surface area (Å²) in [7, 11) is 0. The number of alkyl halides is 3. The Morgan fingerprint density at radius 1 is 1.07 bits per heavy atom. The number of amides is 3. The Labute approximate surface area is 266 Å². The summed E-state index contributed by atoms with van der Waals surface area (Å²) in [6.07, 6.45) is -0.980. The molecule has 1 aromatic heterocycles. The normalized spacial score (nSPS) is 14.4. The third-order valence-electron chi connectivity index (χ3n) is 7.02. The molecule has 1 aliphatic rings. The summed E-state index contributed by atoms with van der Waals surface area (Å²) in [4.78, 5) is 35.0. The van der Waals surface area contributed by atoms with Crippen molar-refractivity contribution in [2.24, 2.45) is 4.99 Å². The molecule has 9 nitrogen and oxygen atoms in total.